The third-order valence-corrected chi connectivity index (χ3v) is 6.84. The van der Waals surface area contributed by atoms with Gasteiger partial charge in [-0.3, -0.25) is 9.78 Å². The van der Waals surface area contributed by atoms with E-state index in [1.807, 2.05) is 30.0 Å². The summed E-state index contributed by atoms with van der Waals surface area (Å²) in [6.45, 7) is 3.20. The number of carbonyl (C=O) groups is 1. The number of aryl methyl sites for hydroxylation is 1. The molecular weight excluding hydrogens is 439 g/mol. The van der Waals surface area contributed by atoms with Crippen molar-refractivity contribution < 1.29 is 13.6 Å². The summed E-state index contributed by atoms with van der Waals surface area (Å²) in [7, 11) is 0. The van der Waals surface area contributed by atoms with E-state index >= 15 is 0 Å². The fourth-order valence-electron chi connectivity index (χ4n) is 4.19. The van der Waals surface area contributed by atoms with Crippen LogP contribution in [0.4, 0.5) is 4.39 Å². The molecule has 0 saturated carbocycles. The van der Waals surface area contributed by atoms with E-state index in [4.69, 9.17) is 4.42 Å². The Labute approximate surface area is 195 Å². The van der Waals surface area contributed by atoms with Gasteiger partial charge in [0.2, 0.25) is 0 Å². The van der Waals surface area contributed by atoms with Crippen molar-refractivity contribution in [3.8, 4) is 10.6 Å². The van der Waals surface area contributed by atoms with Crippen molar-refractivity contribution in [2.24, 2.45) is 0 Å². The van der Waals surface area contributed by atoms with Gasteiger partial charge in [0.05, 0.1) is 39.5 Å². The van der Waals surface area contributed by atoms with Gasteiger partial charge in [-0.05, 0) is 49.6 Å². The molecule has 0 aliphatic carbocycles. The zero-order valence-electron chi connectivity index (χ0n) is 18.2. The monoisotopic (exact) mass is 462 g/mol. The summed E-state index contributed by atoms with van der Waals surface area (Å²) in [4.78, 5) is 29.2. The Hall–Kier alpha value is -3.39. The largest absolute Gasteiger partial charge is 0.445 e. The van der Waals surface area contributed by atoms with Gasteiger partial charge in [-0.2, -0.15) is 0 Å². The van der Waals surface area contributed by atoms with Crippen LogP contribution in [0.15, 0.2) is 58.7 Å². The summed E-state index contributed by atoms with van der Waals surface area (Å²) >= 11 is 1.54. The number of hydrogen-bond acceptors (Lipinski definition) is 6. The molecular formula is C25H23FN4O2S. The molecule has 1 atom stereocenters. The minimum Gasteiger partial charge on any atom is -0.445 e. The molecule has 0 spiro atoms. The minimum atomic E-state index is -0.265. The summed E-state index contributed by atoms with van der Waals surface area (Å²) in [6.07, 6.45) is 5.61. The van der Waals surface area contributed by atoms with Gasteiger partial charge in [0.15, 0.2) is 5.89 Å². The fourth-order valence-corrected chi connectivity index (χ4v) is 4.97. The normalized spacial score (nSPS) is 16.2. The molecule has 4 heterocycles. The van der Waals surface area contributed by atoms with E-state index in [0.717, 1.165) is 34.7 Å². The van der Waals surface area contributed by atoms with Gasteiger partial charge in [-0.15, -0.1) is 11.3 Å². The average molecular weight is 463 g/mol. The number of likely N-dealkylation sites (tertiary alicyclic amines) is 1. The van der Waals surface area contributed by atoms with Crippen molar-refractivity contribution >= 4 is 17.2 Å². The number of oxazole rings is 1. The van der Waals surface area contributed by atoms with E-state index in [0.29, 0.717) is 36.7 Å². The topological polar surface area (TPSA) is 72.1 Å². The lowest BCUT2D eigenvalue weighted by Gasteiger charge is -2.31. The van der Waals surface area contributed by atoms with Crippen molar-refractivity contribution in [1.29, 1.82) is 0 Å². The number of aromatic nitrogens is 3. The van der Waals surface area contributed by atoms with Gasteiger partial charge < -0.3 is 9.32 Å². The maximum atomic E-state index is 13.4. The van der Waals surface area contributed by atoms with Gasteiger partial charge in [-0.1, -0.05) is 12.1 Å². The summed E-state index contributed by atoms with van der Waals surface area (Å²) in [5.74, 6) is 1.06. The van der Waals surface area contributed by atoms with E-state index in [9.17, 15) is 9.18 Å². The Balaban J connectivity index is 1.26. The van der Waals surface area contributed by atoms with Crippen LogP contribution in [-0.2, 0) is 6.42 Å². The van der Waals surface area contributed by atoms with Crippen LogP contribution in [-0.4, -0.2) is 38.8 Å². The summed E-state index contributed by atoms with van der Waals surface area (Å²) < 4.78 is 19.4. The number of nitrogens with zero attached hydrogens (tertiary/aromatic N) is 4. The predicted molar refractivity (Wildman–Crippen MR) is 124 cm³/mol. The number of rotatable bonds is 5. The second kappa shape index (κ2) is 9.23. The smallest absolute Gasteiger partial charge is 0.255 e. The molecule has 5 rings (SSSR count). The minimum absolute atomic E-state index is 0.0358. The molecule has 0 radical (unpaired) electrons. The molecule has 8 heteroatoms. The number of benzene rings is 1. The van der Waals surface area contributed by atoms with Gasteiger partial charge in [0.25, 0.3) is 5.91 Å². The Kier molecular flexibility index (Phi) is 6.00. The zero-order valence-corrected chi connectivity index (χ0v) is 19.0. The van der Waals surface area contributed by atoms with Gasteiger partial charge >= 0.3 is 0 Å². The van der Waals surface area contributed by atoms with Crippen LogP contribution in [0, 0.1) is 12.7 Å². The van der Waals surface area contributed by atoms with Crippen LogP contribution in [0.25, 0.3) is 10.6 Å². The molecule has 168 valence electrons. The molecule has 33 heavy (non-hydrogen) atoms. The molecule has 1 aliphatic rings. The zero-order chi connectivity index (χ0) is 22.8. The highest BCUT2D eigenvalue weighted by atomic mass is 32.1. The summed E-state index contributed by atoms with van der Waals surface area (Å²) in [5, 5.41) is 0. The number of halogens is 1. The SMILES string of the molecule is Cc1ncsc1-c1ccc(C(=O)N2CCC[C@H](c3ncc(Cc4cccc(F)c4)o3)C2)cn1. The van der Waals surface area contributed by atoms with E-state index in [1.165, 1.54) is 12.1 Å². The Morgan fingerprint density at radius 3 is 2.88 bits per heavy atom. The maximum absolute atomic E-state index is 13.4. The number of piperidine rings is 1. The molecule has 1 saturated heterocycles. The third-order valence-electron chi connectivity index (χ3n) is 5.89. The van der Waals surface area contributed by atoms with Crippen LogP contribution in [0.2, 0.25) is 0 Å². The second-order valence-corrected chi connectivity index (χ2v) is 9.12. The molecule has 4 aromatic rings. The molecule has 0 N–H and O–H groups in total. The maximum Gasteiger partial charge on any atom is 0.255 e. The molecule has 1 aromatic carbocycles. The first-order valence-electron chi connectivity index (χ1n) is 10.9. The molecule has 0 bridgehead atoms. The van der Waals surface area contributed by atoms with Crippen molar-refractivity contribution in [2.45, 2.75) is 32.1 Å². The van der Waals surface area contributed by atoms with Gasteiger partial charge in [-0.25, -0.2) is 14.4 Å². The third kappa shape index (κ3) is 4.71. The molecule has 1 aliphatic heterocycles. The predicted octanol–water partition coefficient (Wildman–Crippen LogP) is 5.25. The van der Waals surface area contributed by atoms with Crippen LogP contribution in [0.1, 0.15) is 52.0 Å². The van der Waals surface area contributed by atoms with Crippen LogP contribution >= 0.6 is 11.3 Å². The fraction of sp³-hybridized carbons (Fsp3) is 0.280. The average Bonchev–Trinajstić information content (AvgIpc) is 3.48. The lowest BCUT2D eigenvalue weighted by Crippen LogP contribution is -2.39. The highest BCUT2D eigenvalue weighted by Gasteiger charge is 2.28. The number of hydrogen-bond donors (Lipinski definition) is 0. The summed E-state index contributed by atoms with van der Waals surface area (Å²) in [6, 6.07) is 10.2. The van der Waals surface area contributed by atoms with Crippen molar-refractivity contribution in [3.05, 3.63) is 88.6 Å². The van der Waals surface area contributed by atoms with E-state index in [-0.39, 0.29) is 17.6 Å². The molecule has 3 aromatic heterocycles. The highest BCUT2D eigenvalue weighted by molar-refractivity contribution is 7.13. The van der Waals surface area contributed by atoms with Crippen LogP contribution < -0.4 is 0 Å². The van der Waals surface area contributed by atoms with E-state index in [2.05, 4.69) is 15.0 Å². The first-order chi connectivity index (χ1) is 16.1. The van der Waals surface area contributed by atoms with Crippen molar-refractivity contribution in [2.75, 3.05) is 13.1 Å². The van der Waals surface area contributed by atoms with Crippen molar-refractivity contribution in [1.82, 2.24) is 19.9 Å². The first kappa shape index (κ1) is 21.5. The molecule has 1 fully saturated rings. The molecule has 6 nitrogen and oxygen atoms in total. The first-order valence-corrected chi connectivity index (χ1v) is 11.8. The molecule has 0 unspecified atom stereocenters. The number of pyridine rings is 1. The number of thiazole rings is 1. The van der Waals surface area contributed by atoms with Gasteiger partial charge in [0, 0.05) is 25.7 Å². The Morgan fingerprint density at radius 1 is 1.21 bits per heavy atom. The van der Waals surface area contributed by atoms with E-state index in [1.54, 1.807) is 35.3 Å². The quantitative estimate of drug-likeness (QED) is 0.405. The highest BCUT2D eigenvalue weighted by Crippen LogP contribution is 2.29. The number of carbonyl (C=O) groups excluding carboxylic acids is 1. The van der Waals surface area contributed by atoms with Gasteiger partial charge in [0.1, 0.15) is 11.6 Å². The van der Waals surface area contributed by atoms with Crippen LogP contribution in [0.3, 0.4) is 0 Å². The Bertz CT molecular complexity index is 1270. The molecule has 1 amide bonds. The van der Waals surface area contributed by atoms with Crippen LogP contribution in [0.5, 0.6) is 0 Å². The second-order valence-electron chi connectivity index (χ2n) is 8.26. The number of amides is 1. The van der Waals surface area contributed by atoms with Crippen molar-refractivity contribution in [3.63, 3.8) is 0 Å². The van der Waals surface area contributed by atoms with E-state index < -0.39 is 0 Å². The Morgan fingerprint density at radius 2 is 2.12 bits per heavy atom. The lowest BCUT2D eigenvalue weighted by atomic mass is 9.97. The lowest BCUT2D eigenvalue weighted by molar-refractivity contribution is 0.0697. The summed E-state index contributed by atoms with van der Waals surface area (Å²) in [5.41, 5.74) is 4.97. The standard InChI is InChI=1S/C25H23FN4O2S/c1-16-23(33-15-29-16)22-8-7-18(12-27-22)25(31)30-9-3-5-19(14-30)24-28-13-21(32-24)11-17-4-2-6-20(26)10-17/h2,4,6-8,10,12-13,15,19H,3,5,9,11,14H2,1H3/t19-/m0/s1.